The van der Waals surface area contributed by atoms with Crippen LogP contribution in [0.5, 0.6) is 0 Å². The molecule has 0 aliphatic carbocycles. The first-order chi connectivity index (χ1) is 15.9. The summed E-state index contributed by atoms with van der Waals surface area (Å²) in [5.41, 5.74) is 4.03. The molecule has 2 amide bonds. The van der Waals surface area contributed by atoms with E-state index in [1.54, 1.807) is 54.6 Å². The molecule has 3 rings (SSSR count). The smallest absolute Gasteiger partial charge is 0.338 e. The number of aryl methyl sites for hydroxylation is 1. The van der Waals surface area contributed by atoms with Gasteiger partial charge in [-0.25, -0.2) is 4.79 Å². The van der Waals surface area contributed by atoms with Crippen molar-refractivity contribution < 1.29 is 19.1 Å². The SMILES string of the molecule is CCCOC(=O)c1ccc(NCC(=O)Nc2ccc(NC(=O)c3cccc(C)c3)cc2)cc1. The third kappa shape index (κ3) is 7.21. The number of anilines is 3. The molecule has 0 saturated heterocycles. The summed E-state index contributed by atoms with van der Waals surface area (Å²) in [6.07, 6.45) is 0.769. The molecule has 0 spiro atoms. The van der Waals surface area contributed by atoms with Crippen LogP contribution in [0.1, 0.15) is 39.6 Å². The zero-order valence-electron chi connectivity index (χ0n) is 18.7. The van der Waals surface area contributed by atoms with E-state index in [4.69, 9.17) is 4.74 Å². The van der Waals surface area contributed by atoms with E-state index in [-0.39, 0.29) is 24.3 Å². The van der Waals surface area contributed by atoms with E-state index in [9.17, 15) is 14.4 Å². The molecule has 0 aliphatic rings. The van der Waals surface area contributed by atoms with Crippen LogP contribution in [0.2, 0.25) is 0 Å². The maximum atomic E-state index is 12.3. The monoisotopic (exact) mass is 445 g/mol. The minimum Gasteiger partial charge on any atom is -0.462 e. The third-order valence-electron chi connectivity index (χ3n) is 4.72. The lowest BCUT2D eigenvalue weighted by atomic mass is 10.1. The van der Waals surface area contributed by atoms with Crippen molar-refractivity contribution in [1.29, 1.82) is 0 Å². The molecule has 0 bridgehead atoms. The number of nitrogens with one attached hydrogen (secondary N) is 3. The third-order valence-corrected chi connectivity index (χ3v) is 4.72. The van der Waals surface area contributed by atoms with E-state index in [2.05, 4.69) is 16.0 Å². The molecule has 0 aromatic heterocycles. The van der Waals surface area contributed by atoms with Crippen molar-refractivity contribution in [2.24, 2.45) is 0 Å². The second-order valence-corrected chi connectivity index (χ2v) is 7.52. The van der Waals surface area contributed by atoms with Crippen LogP contribution >= 0.6 is 0 Å². The van der Waals surface area contributed by atoms with E-state index < -0.39 is 0 Å². The van der Waals surface area contributed by atoms with Gasteiger partial charge in [0.25, 0.3) is 5.91 Å². The molecular formula is C26H27N3O4. The number of amides is 2. The van der Waals surface area contributed by atoms with Crippen LogP contribution < -0.4 is 16.0 Å². The largest absolute Gasteiger partial charge is 0.462 e. The molecule has 0 fully saturated rings. The van der Waals surface area contributed by atoms with Gasteiger partial charge in [-0.1, -0.05) is 24.6 Å². The lowest BCUT2D eigenvalue weighted by Gasteiger charge is -2.10. The number of hydrogen-bond acceptors (Lipinski definition) is 5. The Labute approximate surface area is 193 Å². The number of rotatable bonds is 9. The molecule has 0 radical (unpaired) electrons. The maximum absolute atomic E-state index is 12.3. The molecule has 3 aromatic rings. The molecular weight excluding hydrogens is 418 g/mol. The molecule has 7 heteroatoms. The standard InChI is InChI=1S/C26H27N3O4/c1-3-15-33-26(32)19-7-9-21(10-8-19)27-17-24(30)28-22-11-13-23(14-12-22)29-25(31)20-6-4-5-18(2)16-20/h4-14,16,27H,3,15,17H2,1-2H3,(H,28,30)(H,29,31). The highest BCUT2D eigenvalue weighted by atomic mass is 16.5. The topological polar surface area (TPSA) is 96.5 Å². The Morgan fingerprint density at radius 3 is 2.06 bits per heavy atom. The second-order valence-electron chi connectivity index (χ2n) is 7.52. The number of ether oxygens (including phenoxy) is 1. The van der Waals surface area contributed by atoms with Crippen LogP contribution in [0.15, 0.2) is 72.8 Å². The minimum atomic E-state index is -0.361. The molecule has 0 saturated carbocycles. The molecule has 0 aliphatic heterocycles. The summed E-state index contributed by atoms with van der Waals surface area (Å²) in [6, 6.07) is 21.0. The minimum absolute atomic E-state index is 0.0610. The Balaban J connectivity index is 1.46. The van der Waals surface area contributed by atoms with Gasteiger partial charge in [-0.2, -0.15) is 0 Å². The zero-order chi connectivity index (χ0) is 23.6. The Hall–Kier alpha value is -4.13. The zero-order valence-corrected chi connectivity index (χ0v) is 18.7. The average Bonchev–Trinajstić information content (AvgIpc) is 2.82. The van der Waals surface area contributed by atoms with Crippen molar-refractivity contribution in [3.05, 3.63) is 89.5 Å². The summed E-state index contributed by atoms with van der Waals surface area (Å²) in [7, 11) is 0. The van der Waals surface area contributed by atoms with Gasteiger partial charge in [0, 0.05) is 22.6 Å². The Kier molecular flexibility index (Phi) is 8.18. The Bertz CT molecular complexity index is 1110. The van der Waals surface area contributed by atoms with Crippen LogP contribution in [0.3, 0.4) is 0 Å². The lowest BCUT2D eigenvalue weighted by Crippen LogP contribution is -2.21. The van der Waals surface area contributed by atoms with Crippen LogP contribution in [-0.2, 0) is 9.53 Å². The highest BCUT2D eigenvalue weighted by Gasteiger charge is 2.08. The highest BCUT2D eigenvalue weighted by Crippen LogP contribution is 2.16. The van der Waals surface area contributed by atoms with Crippen LogP contribution in [0.4, 0.5) is 17.1 Å². The summed E-state index contributed by atoms with van der Waals surface area (Å²) >= 11 is 0. The van der Waals surface area contributed by atoms with E-state index in [1.165, 1.54) is 0 Å². The van der Waals surface area contributed by atoms with Crippen molar-refractivity contribution in [2.75, 3.05) is 29.1 Å². The normalized spacial score (nSPS) is 10.2. The van der Waals surface area contributed by atoms with Crippen LogP contribution in [0, 0.1) is 6.92 Å². The summed E-state index contributed by atoms with van der Waals surface area (Å²) in [4.78, 5) is 36.4. The van der Waals surface area contributed by atoms with Gasteiger partial charge in [0.1, 0.15) is 0 Å². The Morgan fingerprint density at radius 2 is 1.42 bits per heavy atom. The predicted octanol–water partition coefficient (Wildman–Crippen LogP) is 4.86. The van der Waals surface area contributed by atoms with Gasteiger partial charge < -0.3 is 20.7 Å². The maximum Gasteiger partial charge on any atom is 0.338 e. The molecule has 3 N–H and O–H groups in total. The van der Waals surface area contributed by atoms with Crippen LogP contribution in [0.25, 0.3) is 0 Å². The van der Waals surface area contributed by atoms with Gasteiger partial charge in [0.15, 0.2) is 0 Å². The summed E-state index contributed by atoms with van der Waals surface area (Å²) < 4.78 is 5.09. The first-order valence-electron chi connectivity index (χ1n) is 10.7. The number of carbonyl (C=O) groups is 3. The fourth-order valence-corrected chi connectivity index (χ4v) is 3.02. The second kappa shape index (κ2) is 11.5. The van der Waals surface area contributed by atoms with Gasteiger partial charge in [-0.15, -0.1) is 0 Å². The summed E-state index contributed by atoms with van der Waals surface area (Å²) in [5, 5.41) is 8.65. The Morgan fingerprint density at radius 1 is 0.788 bits per heavy atom. The van der Waals surface area contributed by atoms with Crippen LogP contribution in [-0.4, -0.2) is 30.9 Å². The van der Waals surface area contributed by atoms with E-state index in [0.717, 1.165) is 12.0 Å². The van der Waals surface area contributed by atoms with Crippen molar-refractivity contribution in [3.8, 4) is 0 Å². The summed E-state index contributed by atoms with van der Waals surface area (Å²) in [5.74, 6) is -0.776. The van der Waals surface area contributed by atoms with E-state index in [1.807, 2.05) is 32.0 Å². The average molecular weight is 446 g/mol. The molecule has 7 nitrogen and oxygen atoms in total. The van der Waals surface area contributed by atoms with Gasteiger partial charge >= 0.3 is 5.97 Å². The van der Waals surface area contributed by atoms with E-state index >= 15 is 0 Å². The number of carbonyl (C=O) groups excluding carboxylic acids is 3. The molecule has 170 valence electrons. The first kappa shape index (κ1) is 23.5. The van der Waals surface area contributed by atoms with Gasteiger partial charge in [0.05, 0.1) is 18.7 Å². The van der Waals surface area contributed by atoms with Crippen molar-refractivity contribution in [2.45, 2.75) is 20.3 Å². The van der Waals surface area contributed by atoms with Crippen molar-refractivity contribution in [3.63, 3.8) is 0 Å². The fraction of sp³-hybridized carbons (Fsp3) is 0.192. The molecule has 0 heterocycles. The molecule has 33 heavy (non-hydrogen) atoms. The molecule has 3 aromatic carbocycles. The van der Waals surface area contributed by atoms with Crippen molar-refractivity contribution in [1.82, 2.24) is 0 Å². The number of esters is 1. The molecule has 0 unspecified atom stereocenters. The first-order valence-corrected chi connectivity index (χ1v) is 10.7. The van der Waals surface area contributed by atoms with Crippen molar-refractivity contribution >= 4 is 34.8 Å². The fourth-order valence-electron chi connectivity index (χ4n) is 3.02. The predicted molar refractivity (Wildman–Crippen MR) is 130 cm³/mol. The van der Waals surface area contributed by atoms with Gasteiger partial charge in [0.2, 0.25) is 5.91 Å². The van der Waals surface area contributed by atoms with E-state index in [0.29, 0.717) is 34.8 Å². The van der Waals surface area contributed by atoms with Gasteiger partial charge in [-0.3, -0.25) is 9.59 Å². The van der Waals surface area contributed by atoms with Gasteiger partial charge in [-0.05, 0) is 74.0 Å². The number of hydrogen-bond donors (Lipinski definition) is 3. The summed E-state index contributed by atoms with van der Waals surface area (Å²) in [6.45, 7) is 4.32. The number of benzene rings is 3. The molecule has 0 atom stereocenters. The highest BCUT2D eigenvalue weighted by molar-refractivity contribution is 6.04. The quantitative estimate of drug-likeness (QED) is 0.409. The lowest BCUT2D eigenvalue weighted by molar-refractivity contribution is -0.114.